The lowest BCUT2D eigenvalue weighted by atomic mass is 10.3. The Balaban J connectivity index is 2.48. The van der Waals surface area contributed by atoms with Gasteiger partial charge in [0, 0.05) is 17.6 Å². The summed E-state index contributed by atoms with van der Waals surface area (Å²) in [7, 11) is -2.45. The van der Waals surface area contributed by atoms with Gasteiger partial charge in [0.05, 0.1) is 11.4 Å². The van der Waals surface area contributed by atoms with Crippen LogP contribution >= 0.6 is 15.9 Å². The number of anilines is 2. The van der Waals surface area contributed by atoms with E-state index in [0.29, 0.717) is 11.8 Å². The molecule has 4 nitrogen and oxygen atoms in total. The molecule has 0 aromatic heterocycles. The van der Waals surface area contributed by atoms with Crippen LogP contribution in [-0.2, 0) is 10.0 Å². The van der Waals surface area contributed by atoms with Crippen LogP contribution in [0, 0.1) is 11.6 Å². The zero-order chi connectivity index (χ0) is 15.6. The van der Waals surface area contributed by atoms with E-state index < -0.39 is 21.7 Å². The number of benzene rings is 2. The van der Waals surface area contributed by atoms with Crippen molar-refractivity contribution in [2.45, 2.75) is 4.90 Å². The Morgan fingerprint density at radius 3 is 2.43 bits per heavy atom. The van der Waals surface area contributed by atoms with E-state index >= 15 is 0 Å². The smallest absolute Gasteiger partial charge is 0.264 e. The van der Waals surface area contributed by atoms with Gasteiger partial charge in [0.1, 0.15) is 10.7 Å². The van der Waals surface area contributed by atoms with Crippen LogP contribution in [0.3, 0.4) is 0 Å². The van der Waals surface area contributed by atoms with Crippen LogP contribution in [0.4, 0.5) is 20.2 Å². The maximum absolute atomic E-state index is 13.7. The molecule has 0 unspecified atom stereocenters. The van der Waals surface area contributed by atoms with Crippen LogP contribution in [0.15, 0.2) is 45.8 Å². The molecule has 0 amide bonds. The van der Waals surface area contributed by atoms with Crippen molar-refractivity contribution in [3.05, 3.63) is 52.5 Å². The van der Waals surface area contributed by atoms with E-state index in [0.717, 1.165) is 6.07 Å². The van der Waals surface area contributed by atoms with Crippen LogP contribution in [0.2, 0.25) is 0 Å². The maximum atomic E-state index is 13.7. The molecule has 0 heterocycles. The summed E-state index contributed by atoms with van der Waals surface area (Å²) in [6.45, 7) is 0. The first kappa shape index (κ1) is 15.7. The molecule has 2 aromatic carbocycles. The highest BCUT2D eigenvalue weighted by atomic mass is 79.9. The van der Waals surface area contributed by atoms with Crippen molar-refractivity contribution >= 4 is 37.3 Å². The minimum absolute atomic E-state index is 0.0227. The summed E-state index contributed by atoms with van der Waals surface area (Å²) in [6.07, 6.45) is 0. The second-order valence-electron chi connectivity index (χ2n) is 4.10. The van der Waals surface area contributed by atoms with Gasteiger partial charge in [-0.15, -0.1) is 0 Å². The number of hydrogen-bond donors (Lipinski definition) is 2. The number of hydrogen-bond acceptors (Lipinski definition) is 3. The molecule has 0 fully saturated rings. The van der Waals surface area contributed by atoms with Gasteiger partial charge in [-0.3, -0.25) is 4.72 Å². The summed E-state index contributed by atoms with van der Waals surface area (Å²) in [5.74, 6) is -1.81. The maximum Gasteiger partial charge on any atom is 0.264 e. The van der Waals surface area contributed by atoms with Crippen molar-refractivity contribution in [1.29, 1.82) is 0 Å². The van der Waals surface area contributed by atoms with E-state index in [1.165, 1.54) is 6.07 Å². The lowest BCUT2D eigenvalue weighted by Crippen LogP contribution is -2.16. The fourth-order valence-electron chi connectivity index (χ4n) is 1.74. The molecular weight excluding hydrogens is 366 g/mol. The van der Waals surface area contributed by atoms with Gasteiger partial charge in [0.2, 0.25) is 0 Å². The molecule has 0 saturated heterocycles. The van der Waals surface area contributed by atoms with Crippen molar-refractivity contribution in [2.75, 3.05) is 17.1 Å². The van der Waals surface area contributed by atoms with Crippen molar-refractivity contribution in [3.63, 3.8) is 0 Å². The minimum atomic E-state index is -4.02. The average Bonchev–Trinajstić information content (AvgIpc) is 2.43. The van der Waals surface area contributed by atoms with Gasteiger partial charge < -0.3 is 5.32 Å². The molecule has 0 aliphatic heterocycles. The van der Waals surface area contributed by atoms with Gasteiger partial charge in [0.15, 0.2) is 5.82 Å². The Kier molecular flexibility index (Phi) is 4.48. The molecule has 2 rings (SSSR count). The van der Waals surface area contributed by atoms with E-state index in [1.54, 1.807) is 25.2 Å². The van der Waals surface area contributed by atoms with Crippen LogP contribution in [0.1, 0.15) is 0 Å². The minimum Gasteiger partial charge on any atom is -0.387 e. The molecule has 0 radical (unpaired) electrons. The lowest BCUT2D eigenvalue weighted by molar-refractivity contribution is 0.581. The highest BCUT2D eigenvalue weighted by Gasteiger charge is 2.21. The van der Waals surface area contributed by atoms with E-state index in [4.69, 9.17) is 0 Å². The SMILES string of the molecule is CNc1ccccc1S(=O)(=O)Nc1c(F)cc(F)cc1Br. The first-order chi connectivity index (χ1) is 9.85. The first-order valence-electron chi connectivity index (χ1n) is 5.79. The fourth-order valence-corrected chi connectivity index (χ4v) is 3.68. The van der Waals surface area contributed by atoms with Crippen LogP contribution < -0.4 is 10.0 Å². The second-order valence-corrected chi connectivity index (χ2v) is 6.60. The van der Waals surface area contributed by atoms with Gasteiger partial charge in [-0.05, 0) is 34.1 Å². The zero-order valence-electron chi connectivity index (χ0n) is 10.8. The number of sulfonamides is 1. The molecule has 0 saturated carbocycles. The molecule has 2 N–H and O–H groups in total. The van der Waals surface area contributed by atoms with Gasteiger partial charge in [-0.2, -0.15) is 0 Å². The number of rotatable bonds is 4. The normalized spacial score (nSPS) is 11.2. The number of para-hydroxylation sites is 1. The van der Waals surface area contributed by atoms with Crippen molar-refractivity contribution < 1.29 is 17.2 Å². The summed E-state index contributed by atoms with van der Waals surface area (Å²) in [6, 6.07) is 7.75. The quantitative estimate of drug-likeness (QED) is 0.857. The summed E-state index contributed by atoms with van der Waals surface area (Å²) in [5.41, 5.74) is 0.0194. The van der Waals surface area contributed by atoms with E-state index in [-0.39, 0.29) is 15.1 Å². The summed E-state index contributed by atoms with van der Waals surface area (Å²) in [4.78, 5) is -0.0388. The molecule has 112 valence electrons. The summed E-state index contributed by atoms with van der Waals surface area (Å²) in [5, 5.41) is 2.74. The highest BCUT2D eigenvalue weighted by molar-refractivity contribution is 9.10. The summed E-state index contributed by atoms with van der Waals surface area (Å²) >= 11 is 2.94. The molecule has 8 heteroatoms. The Bertz CT molecular complexity index is 758. The standard InChI is InChI=1S/C13H11BrF2N2O2S/c1-17-11-4-2-3-5-12(11)21(19,20)18-13-9(14)6-8(15)7-10(13)16/h2-7,17-18H,1H3. The van der Waals surface area contributed by atoms with Gasteiger partial charge >= 0.3 is 0 Å². The van der Waals surface area contributed by atoms with Crippen LogP contribution in [0.25, 0.3) is 0 Å². The van der Waals surface area contributed by atoms with Crippen LogP contribution in [0.5, 0.6) is 0 Å². The average molecular weight is 377 g/mol. The Morgan fingerprint density at radius 1 is 1.14 bits per heavy atom. The monoisotopic (exact) mass is 376 g/mol. The highest BCUT2D eigenvalue weighted by Crippen LogP contribution is 2.30. The molecule has 21 heavy (non-hydrogen) atoms. The van der Waals surface area contributed by atoms with E-state index in [2.05, 4.69) is 26.0 Å². The Labute approximate surface area is 129 Å². The second kappa shape index (κ2) is 5.98. The zero-order valence-corrected chi connectivity index (χ0v) is 13.2. The number of nitrogens with one attached hydrogen (secondary N) is 2. The number of halogens is 3. The van der Waals surface area contributed by atoms with Gasteiger partial charge in [0.25, 0.3) is 10.0 Å². The summed E-state index contributed by atoms with van der Waals surface area (Å²) < 4.78 is 53.5. The molecule has 0 bridgehead atoms. The molecule has 0 aliphatic rings. The van der Waals surface area contributed by atoms with Crippen molar-refractivity contribution in [1.82, 2.24) is 0 Å². The Morgan fingerprint density at radius 2 is 1.81 bits per heavy atom. The van der Waals surface area contributed by atoms with Crippen molar-refractivity contribution in [3.8, 4) is 0 Å². The molecule has 0 atom stereocenters. The predicted octanol–water partition coefficient (Wildman–Crippen LogP) is 3.57. The molecule has 0 spiro atoms. The van der Waals surface area contributed by atoms with E-state index in [1.807, 2.05) is 0 Å². The topological polar surface area (TPSA) is 58.2 Å². The van der Waals surface area contributed by atoms with Crippen LogP contribution in [-0.4, -0.2) is 15.5 Å². The third-order valence-corrected chi connectivity index (χ3v) is 4.72. The largest absolute Gasteiger partial charge is 0.387 e. The Hall–Kier alpha value is -1.67. The molecule has 2 aromatic rings. The van der Waals surface area contributed by atoms with E-state index in [9.17, 15) is 17.2 Å². The lowest BCUT2D eigenvalue weighted by Gasteiger charge is -2.13. The fraction of sp³-hybridized carbons (Fsp3) is 0.0769. The first-order valence-corrected chi connectivity index (χ1v) is 8.07. The van der Waals surface area contributed by atoms with Gasteiger partial charge in [-0.25, -0.2) is 17.2 Å². The molecular formula is C13H11BrF2N2O2S. The van der Waals surface area contributed by atoms with Crippen molar-refractivity contribution in [2.24, 2.45) is 0 Å². The third-order valence-electron chi connectivity index (χ3n) is 2.69. The van der Waals surface area contributed by atoms with Gasteiger partial charge in [-0.1, -0.05) is 12.1 Å². The predicted molar refractivity (Wildman–Crippen MR) is 80.9 cm³/mol. The molecule has 0 aliphatic carbocycles. The third kappa shape index (κ3) is 3.33.